The van der Waals surface area contributed by atoms with E-state index in [1.54, 1.807) is 20.8 Å². The summed E-state index contributed by atoms with van der Waals surface area (Å²) >= 11 is 0. The summed E-state index contributed by atoms with van der Waals surface area (Å²) in [5.74, 6) is -0.898. The van der Waals surface area contributed by atoms with Gasteiger partial charge >= 0.3 is 0 Å². The minimum absolute atomic E-state index is 0.339. The number of amides is 2. The number of rotatable bonds is 1. The average Bonchev–Trinajstić information content (AvgIpc) is 2.30. The van der Waals surface area contributed by atoms with Crippen molar-refractivity contribution in [2.45, 2.75) is 65.0 Å². The van der Waals surface area contributed by atoms with Crippen LogP contribution in [0.1, 0.15) is 53.4 Å². The molecule has 1 rings (SSSR count). The molecule has 1 aliphatic rings. The van der Waals surface area contributed by atoms with Crippen molar-refractivity contribution in [1.29, 1.82) is 5.26 Å². The molecular formula is C14H22N2O3. The van der Waals surface area contributed by atoms with E-state index in [1.165, 1.54) is 6.92 Å². The first-order valence-corrected chi connectivity index (χ1v) is 6.61. The van der Waals surface area contributed by atoms with Crippen LogP contribution >= 0.6 is 0 Å². The molecule has 0 saturated heterocycles. The minimum Gasteiger partial charge on any atom is -0.390 e. The van der Waals surface area contributed by atoms with E-state index in [-0.39, 0.29) is 0 Å². The predicted octanol–water partition coefficient (Wildman–Crippen LogP) is 1.60. The van der Waals surface area contributed by atoms with Gasteiger partial charge in [0.2, 0.25) is 11.8 Å². The fourth-order valence-corrected chi connectivity index (χ4v) is 2.52. The molecule has 1 saturated carbocycles. The zero-order valence-corrected chi connectivity index (χ0v) is 12.1. The van der Waals surface area contributed by atoms with Crippen molar-refractivity contribution in [3.8, 4) is 6.07 Å². The normalized spacial score (nSPS) is 27.5. The molecule has 1 aliphatic carbocycles. The molecule has 0 aliphatic heterocycles. The Morgan fingerprint density at radius 3 is 2.32 bits per heavy atom. The summed E-state index contributed by atoms with van der Waals surface area (Å²) in [7, 11) is 0. The Morgan fingerprint density at radius 2 is 1.95 bits per heavy atom. The SMILES string of the molecule is CC(=O)N(C(=O)C(C)(C)C)[C@]1(C#N)CCCC[C@H]1O. The molecule has 0 radical (unpaired) electrons. The Kier molecular flexibility index (Phi) is 4.36. The van der Waals surface area contributed by atoms with Crippen molar-refractivity contribution in [3.05, 3.63) is 0 Å². The molecule has 0 aromatic carbocycles. The summed E-state index contributed by atoms with van der Waals surface area (Å²) in [6, 6.07) is 2.04. The van der Waals surface area contributed by atoms with E-state index in [0.29, 0.717) is 12.8 Å². The lowest BCUT2D eigenvalue weighted by Crippen LogP contribution is -2.63. The number of aliphatic hydroxyl groups excluding tert-OH is 1. The second-order valence-corrected chi connectivity index (χ2v) is 6.21. The summed E-state index contributed by atoms with van der Waals surface area (Å²) < 4.78 is 0. The summed E-state index contributed by atoms with van der Waals surface area (Å²) in [4.78, 5) is 25.3. The van der Waals surface area contributed by atoms with E-state index < -0.39 is 28.9 Å². The zero-order chi connectivity index (χ0) is 14.8. The van der Waals surface area contributed by atoms with E-state index in [9.17, 15) is 20.0 Å². The largest absolute Gasteiger partial charge is 0.390 e. The van der Waals surface area contributed by atoms with Gasteiger partial charge in [-0.2, -0.15) is 5.26 Å². The van der Waals surface area contributed by atoms with Crippen LogP contribution in [0.3, 0.4) is 0 Å². The molecule has 1 N–H and O–H groups in total. The van der Waals surface area contributed by atoms with Crippen LogP contribution in [0.15, 0.2) is 0 Å². The van der Waals surface area contributed by atoms with Crippen LogP contribution in [0.4, 0.5) is 0 Å². The standard InChI is InChI=1S/C14H22N2O3/c1-10(17)16(12(19)13(2,3)4)14(9-15)8-6-5-7-11(14)18/h11,18H,5-8H2,1-4H3/t11-,14+/m1/s1. The molecule has 0 bridgehead atoms. The molecule has 2 atom stereocenters. The van der Waals surface area contributed by atoms with Gasteiger partial charge < -0.3 is 5.11 Å². The Balaban J connectivity index is 3.27. The average molecular weight is 266 g/mol. The summed E-state index contributed by atoms with van der Waals surface area (Å²) in [6.07, 6.45) is 1.34. The molecule has 0 unspecified atom stereocenters. The number of hydrogen-bond donors (Lipinski definition) is 1. The topological polar surface area (TPSA) is 81.4 Å². The third-order valence-corrected chi connectivity index (χ3v) is 3.59. The second-order valence-electron chi connectivity index (χ2n) is 6.21. The van der Waals surface area contributed by atoms with Crippen LogP contribution < -0.4 is 0 Å². The van der Waals surface area contributed by atoms with Crippen LogP contribution in [0.2, 0.25) is 0 Å². The first-order valence-electron chi connectivity index (χ1n) is 6.61. The van der Waals surface area contributed by atoms with Gasteiger partial charge in [0.25, 0.3) is 0 Å². The van der Waals surface area contributed by atoms with Crippen LogP contribution in [0, 0.1) is 16.7 Å². The van der Waals surface area contributed by atoms with E-state index in [4.69, 9.17) is 0 Å². The molecule has 19 heavy (non-hydrogen) atoms. The maximum Gasteiger partial charge on any atom is 0.236 e. The van der Waals surface area contributed by atoms with Crippen molar-refractivity contribution in [1.82, 2.24) is 4.90 Å². The molecule has 0 aromatic heterocycles. The van der Waals surface area contributed by atoms with Gasteiger partial charge in [0.1, 0.15) is 0 Å². The first kappa shape index (κ1) is 15.6. The highest BCUT2D eigenvalue weighted by atomic mass is 16.3. The maximum atomic E-state index is 12.5. The molecule has 0 aromatic rings. The highest BCUT2D eigenvalue weighted by Gasteiger charge is 2.51. The van der Waals surface area contributed by atoms with Gasteiger partial charge in [-0.15, -0.1) is 0 Å². The smallest absolute Gasteiger partial charge is 0.236 e. The number of aliphatic hydroxyl groups is 1. The predicted molar refractivity (Wildman–Crippen MR) is 69.8 cm³/mol. The number of hydrogen-bond acceptors (Lipinski definition) is 4. The van der Waals surface area contributed by atoms with Gasteiger partial charge in [-0.25, -0.2) is 0 Å². The molecule has 2 amide bonds. The molecular weight excluding hydrogens is 244 g/mol. The Bertz CT molecular complexity index is 419. The lowest BCUT2D eigenvalue weighted by atomic mass is 9.77. The van der Waals surface area contributed by atoms with E-state index in [1.807, 2.05) is 6.07 Å². The van der Waals surface area contributed by atoms with Crippen LogP contribution in [0.5, 0.6) is 0 Å². The summed E-state index contributed by atoms with van der Waals surface area (Å²) in [6.45, 7) is 6.37. The maximum absolute atomic E-state index is 12.5. The highest BCUT2D eigenvalue weighted by Crippen LogP contribution is 2.36. The van der Waals surface area contributed by atoms with Gasteiger partial charge in [-0.3, -0.25) is 14.5 Å². The number of nitriles is 1. The highest BCUT2D eigenvalue weighted by molar-refractivity contribution is 5.98. The fourth-order valence-electron chi connectivity index (χ4n) is 2.52. The van der Waals surface area contributed by atoms with Gasteiger partial charge in [0.05, 0.1) is 12.2 Å². The summed E-state index contributed by atoms with van der Waals surface area (Å²) in [5.41, 5.74) is -2.18. The molecule has 0 heterocycles. The number of nitrogens with zero attached hydrogens (tertiary/aromatic N) is 2. The van der Waals surface area contributed by atoms with Crippen molar-refractivity contribution in [3.63, 3.8) is 0 Å². The zero-order valence-electron chi connectivity index (χ0n) is 12.1. The Hall–Kier alpha value is -1.41. The third kappa shape index (κ3) is 2.79. The summed E-state index contributed by atoms with van der Waals surface area (Å²) in [5, 5.41) is 19.7. The quantitative estimate of drug-likeness (QED) is 0.781. The lowest BCUT2D eigenvalue weighted by Gasteiger charge is -2.44. The number of carbonyl (C=O) groups excluding carboxylic acids is 2. The van der Waals surface area contributed by atoms with Crippen molar-refractivity contribution >= 4 is 11.8 Å². The van der Waals surface area contributed by atoms with E-state index in [2.05, 4.69) is 0 Å². The third-order valence-electron chi connectivity index (χ3n) is 3.59. The lowest BCUT2D eigenvalue weighted by molar-refractivity contribution is -0.161. The van der Waals surface area contributed by atoms with Gasteiger partial charge in [0, 0.05) is 12.3 Å². The minimum atomic E-state index is -1.41. The van der Waals surface area contributed by atoms with E-state index >= 15 is 0 Å². The monoisotopic (exact) mass is 266 g/mol. The fraction of sp³-hybridized carbons (Fsp3) is 0.786. The number of imide groups is 1. The van der Waals surface area contributed by atoms with Crippen molar-refractivity contribution < 1.29 is 14.7 Å². The second kappa shape index (κ2) is 5.30. The van der Waals surface area contributed by atoms with E-state index in [0.717, 1.165) is 17.7 Å². The molecule has 1 fully saturated rings. The molecule has 106 valence electrons. The molecule has 5 heteroatoms. The van der Waals surface area contributed by atoms with Gasteiger partial charge in [-0.05, 0) is 19.3 Å². The Morgan fingerprint density at radius 1 is 1.37 bits per heavy atom. The van der Waals surface area contributed by atoms with Gasteiger partial charge in [-0.1, -0.05) is 27.2 Å². The molecule has 0 spiro atoms. The van der Waals surface area contributed by atoms with Crippen molar-refractivity contribution in [2.24, 2.45) is 5.41 Å². The molecule has 5 nitrogen and oxygen atoms in total. The van der Waals surface area contributed by atoms with Crippen LogP contribution in [0.25, 0.3) is 0 Å². The Labute approximate surface area is 114 Å². The number of carbonyl (C=O) groups is 2. The van der Waals surface area contributed by atoms with Crippen LogP contribution in [-0.2, 0) is 9.59 Å². The van der Waals surface area contributed by atoms with Gasteiger partial charge in [0.15, 0.2) is 5.54 Å². The van der Waals surface area contributed by atoms with Crippen LogP contribution in [-0.4, -0.2) is 33.5 Å². The van der Waals surface area contributed by atoms with Crippen molar-refractivity contribution in [2.75, 3.05) is 0 Å². The first-order chi connectivity index (χ1) is 8.66.